The van der Waals surface area contributed by atoms with E-state index in [1.807, 2.05) is 45.4 Å². The Labute approximate surface area is 193 Å². The second kappa shape index (κ2) is 14.5. The molecule has 0 bridgehead atoms. The SMILES string of the molecule is C=NN(/C=C/Cn1cc(C)nc(NCC)c1=NCC)CC(=O)Nc1cccc(F)c1F.CC. The molecule has 0 radical (unpaired) electrons. The van der Waals surface area contributed by atoms with Crippen molar-refractivity contribution in [3.63, 3.8) is 0 Å². The molecule has 8 nitrogen and oxygen atoms in total. The van der Waals surface area contributed by atoms with Crippen LogP contribution in [0.1, 0.15) is 33.4 Å². The van der Waals surface area contributed by atoms with Crippen molar-refractivity contribution in [2.45, 2.75) is 41.2 Å². The number of hydrogen-bond acceptors (Lipinski definition) is 6. The number of carbonyl (C=O) groups excluding carboxylic acids is 1. The maximum absolute atomic E-state index is 13.7. The maximum Gasteiger partial charge on any atom is 0.246 e. The Morgan fingerprint density at radius 2 is 2.03 bits per heavy atom. The standard InChI is InChI=1S/C21H27F2N7O.C2H6/c1-5-25-20-21(26-6-2)29(13-15(3)27-20)11-8-12-30(24-4)14-18(31)28-17-10-7-9-16(22)19(17)23;1-2/h7-10,12-13H,4-6,11,14H2,1-3H3,(H,25,27)(H,28,31);1-2H3/b12-8+,26-21?;. The zero-order valence-corrected chi connectivity index (χ0v) is 19.9. The van der Waals surface area contributed by atoms with Crippen LogP contribution >= 0.6 is 0 Å². The fourth-order valence-corrected chi connectivity index (χ4v) is 2.79. The molecule has 1 aromatic heterocycles. The van der Waals surface area contributed by atoms with Gasteiger partial charge in [-0.2, -0.15) is 5.10 Å². The van der Waals surface area contributed by atoms with Crippen LogP contribution in [0.2, 0.25) is 0 Å². The van der Waals surface area contributed by atoms with E-state index < -0.39 is 17.5 Å². The fraction of sp³-hybridized carbons (Fsp3) is 0.391. The molecule has 1 aromatic carbocycles. The highest BCUT2D eigenvalue weighted by Gasteiger charge is 2.12. The largest absolute Gasteiger partial charge is 0.367 e. The number of nitrogens with zero attached hydrogens (tertiary/aromatic N) is 5. The molecule has 0 aliphatic heterocycles. The smallest absolute Gasteiger partial charge is 0.246 e. The summed E-state index contributed by atoms with van der Waals surface area (Å²) in [5.41, 5.74) is 1.31. The fourth-order valence-electron chi connectivity index (χ4n) is 2.79. The highest BCUT2D eigenvalue weighted by Crippen LogP contribution is 2.16. The van der Waals surface area contributed by atoms with Gasteiger partial charge in [0.1, 0.15) is 6.54 Å². The van der Waals surface area contributed by atoms with Crippen molar-refractivity contribution >= 4 is 24.1 Å². The molecule has 2 aromatic rings. The summed E-state index contributed by atoms with van der Waals surface area (Å²) in [6, 6.07) is 3.57. The van der Waals surface area contributed by atoms with Gasteiger partial charge in [0.2, 0.25) is 5.91 Å². The van der Waals surface area contributed by atoms with E-state index in [0.717, 1.165) is 17.2 Å². The quantitative estimate of drug-likeness (QED) is 0.415. The molecule has 2 rings (SSSR count). The van der Waals surface area contributed by atoms with Crippen LogP contribution in [0.25, 0.3) is 0 Å². The van der Waals surface area contributed by atoms with Gasteiger partial charge in [0.25, 0.3) is 0 Å². The Hall–Kier alpha value is -3.56. The highest BCUT2D eigenvalue weighted by molar-refractivity contribution is 5.92. The third kappa shape index (κ3) is 8.47. The molecule has 2 N–H and O–H groups in total. The highest BCUT2D eigenvalue weighted by atomic mass is 19.2. The monoisotopic (exact) mass is 461 g/mol. The van der Waals surface area contributed by atoms with Crippen molar-refractivity contribution in [3.05, 3.63) is 59.5 Å². The maximum atomic E-state index is 13.7. The Bertz CT molecular complexity index is 1020. The van der Waals surface area contributed by atoms with E-state index in [1.54, 1.807) is 12.3 Å². The molecule has 1 heterocycles. The summed E-state index contributed by atoms with van der Waals surface area (Å²) in [4.78, 5) is 21.2. The van der Waals surface area contributed by atoms with Crippen LogP contribution in [0, 0.1) is 18.6 Å². The number of hydrogen-bond donors (Lipinski definition) is 2. The van der Waals surface area contributed by atoms with Crippen LogP contribution in [0.15, 0.2) is 46.8 Å². The van der Waals surface area contributed by atoms with Crippen molar-refractivity contribution in [1.29, 1.82) is 0 Å². The van der Waals surface area contributed by atoms with Gasteiger partial charge in [-0.3, -0.25) is 14.8 Å². The molecular formula is C23H33F2N7O. The van der Waals surface area contributed by atoms with Gasteiger partial charge in [0.15, 0.2) is 22.9 Å². The third-order valence-electron chi connectivity index (χ3n) is 4.06. The Balaban J connectivity index is 0.00000265. The van der Waals surface area contributed by atoms with Crippen LogP contribution in [0.5, 0.6) is 0 Å². The zero-order valence-electron chi connectivity index (χ0n) is 19.9. The molecular weight excluding hydrogens is 428 g/mol. The summed E-state index contributed by atoms with van der Waals surface area (Å²) in [5.74, 6) is -2.01. The minimum atomic E-state index is -1.11. The number of hydrazone groups is 1. The Morgan fingerprint density at radius 1 is 1.30 bits per heavy atom. The first kappa shape index (κ1) is 27.5. The van der Waals surface area contributed by atoms with Gasteiger partial charge in [-0.25, -0.2) is 13.8 Å². The van der Waals surface area contributed by atoms with Gasteiger partial charge in [-0.15, -0.1) is 0 Å². The number of anilines is 2. The van der Waals surface area contributed by atoms with Crippen LogP contribution in [-0.4, -0.2) is 46.8 Å². The van der Waals surface area contributed by atoms with Gasteiger partial charge in [-0.1, -0.05) is 19.9 Å². The van der Waals surface area contributed by atoms with Crippen LogP contribution in [0.4, 0.5) is 20.3 Å². The van der Waals surface area contributed by atoms with E-state index in [4.69, 9.17) is 0 Å². The summed E-state index contributed by atoms with van der Waals surface area (Å²) in [5, 5.41) is 10.6. The Kier molecular flexibility index (Phi) is 12.1. The lowest BCUT2D eigenvalue weighted by atomic mass is 10.3. The predicted molar refractivity (Wildman–Crippen MR) is 129 cm³/mol. The van der Waals surface area contributed by atoms with Gasteiger partial charge in [0, 0.05) is 38.7 Å². The van der Waals surface area contributed by atoms with Crippen molar-refractivity contribution in [2.24, 2.45) is 10.1 Å². The molecule has 0 spiro atoms. The lowest BCUT2D eigenvalue weighted by molar-refractivity contribution is -0.116. The van der Waals surface area contributed by atoms with E-state index in [9.17, 15) is 13.6 Å². The van der Waals surface area contributed by atoms with Crippen LogP contribution < -0.4 is 16.1 Å². The van der Waals surface area contributed by atoms with Gasteiger partial charge < -0.3 is 15.2 Å². The topological polar surface area (TPSA) is 86.9 Å². The zero-order chi connectivity index (χ0) is 24.8. The molecule has 10 heteroatoms. The number of benzene rings is 1. The first-order valence-corrected chi connectivity index (χ1v) is 10.9. The summed E-state index contributed by atoms with van der Waals surface area (Å²) in [6.45, 7) is 14.8. The number of halogens is 2. The molecule has 1 amide bonds. The summed E-state index contributed by atoms with van der Waals surface area (Å²) < 4.78 is 28.9. The van der Waals surface area contributed by atoms with Crippen molar-refractivity contribution in [3.8, 4) is 0 Å². The Morgan fingerprint density at radius 3 is 2.67 bits per heavy atom. The average molecular weight is 462 g/mol. The van der Waals surface area contributed by atoms with Gasteiger partial charge in [0.05, 0.1) is 11.4 Å². The number of nitrogens with one attached hydrogen (secondary N) is 2. The molecule has 180 valence electrons. The molecule has 0 fully saturated rings. The molecule has 0 saturated heterocycles. The second-order valence-electron chi connectivity index (χ2n) is 6.48. The number of aryl methyl sites for hydroxylation is 1. The number of rotatable bonds is 10. The van der Waals surface area contributed by atoms with Crippen molar-refractivity contribution in [1.82, 2.24) is 14.6 Å². The molecule has 0 unspecified atom stereocenters. The first-order chi connectivity index (χ1) is 15.9. The summed E-state index contributed by atoms with van der Waals surface area (Å²) >= 11 is 0. The first-order valence-electron chi connectivity index (χ1n) is 10.9. The minimum absolute atomic E-state index is 0.217. The number of carbonyl (C=O) groups is 1. The molecule has 0 saturated carbocycles. The van der Waals surface area contributed by atoms with Gasteiger partial charge >= 0.3 is 0 Å². The minimum Gasteiger partial charge on any atom is -0.367 e. The normalized spacial score (nSPS) is 11.1. The molecule has 33 heavy (non-hydrogen) atoms. The lowest BCUT2D eigenvalue weighted by Gasteiger charge is -2.15. The number of aromatic nitrogens is 2. The predicted octanol–water partition coefficient (Wildman–Crippen LogP) is 3.92. The second-order valence-corrected chi connectivity index (χ2v) is 6.48. The third-order valence-corrected chi connectivity index (χ3v) is 4.06. The van der Waals surface area contributed by atoms with E-state index in [2.05, 4.69) is 32.4 Å². The van der Waals surface area contributed by atoms with E-state index in [1.165, 1.54) is 17.1 Å². The number of allylic oxidation sites excluding steroid dienone is 1. The van der Waals surface area contributed by atoms with E-state index in [-0.39, 0.29) is 12.2 Å². The van der Waals surface area contributed by atoms with Crippen molar-refractivity contribution in [2.75, 3.05) is 30.3 Å². The molecule has 0 aliphatic carbocycles. The molecule has 0 atom stereocenters. The average Bonchev–Trinajstić information content (AvgIpc) is 2.80. The number of amides is 1. The molecule has 0 aliphatic rings. The summed E-state index contributed by atoms with van der Waals surface area (Å²) in [7, 11) is 0. The van der Waals surface area contributed by atoms with Crippen LogP contribution in [-0.2, 0) is 11.3 Å². The van der Waals surface area contributed by atoms with Crippen LogP contribution in [0.3, 0.4) is 0 Å². The van der Waals surface area contributed by atoms with E-state index in [0.29, 0.717) is 25.5 Å². The van der Waals surface area contributed by atoms with Crippen molar-refractivity contribution < 1.29 is 13.6 Å². The van der Waals surface area contributed by atoms with E-state index >= 15 is 0 Å². The lowest BCUT2D eigenvalue weighted by Crippen LogP contribution is -2.28. The summed E-state index contributed by atoms with van der Waals surface area (Å²) in [6.07, 6.45) is 5.25. The van der Waals surface area contributed by atoms with Gasteiger partial charge in [-0.05, 0) is 39.0 Å².